The number of nitrogens with zero attached hydrogens (tertiary/aromatic N) is 6. The Bertz CT molecular complexity index is 1400. The summed E-state index contributed by atoms with van der Waals surface area (Å²) in [4.78, 5) is 11.5. The van der Waals surface area contributed by atoms with Crippen molar-refractivity contribution in [2.75, 3.05) is 31.1 Å². The number of fused-ring (bicyclic) bond motifs is 5. The summed E-state index contributed by atoms with van der Waals surface area (Å²) in [5.41, 5.74) is 7.17. The highest BCUT2D eigenvalue weighted by molar-refractivity contribution is 5.82. The van der Waals surface area contributed by atoms with Gasteiger partial charge in [-0.05, 0) is 66.8 Å². The number of aliphatic hydroxyl groups excluding tert-OH is 1. The molecular formula is C27H27FN6O. The summed E-state index contributed by atoms with van der Waals surface area (Å²) in [5, 5.41) is 13.7. The quantitative estimate of drug-likeness (QED) is 0.391. The van der Waals surface area contributed by atoms with Crippen LogP contribution in [0, 0.1) is 11.7 Å². The van der Waals surface area contributed by atoms with Gasteiger partial charge in [0, 0.05) is 49.3 Å². The third kappa shape index (κ3) is 4.04. The number of hydrogen-bond donors (Lipinski definition) is 1. The SMILES string of the molecule is CC(CO)=NC[C@@H]1CCN(c2ccc3c(c2)Cn2cc(-c4ccc(F)cc4)cc2-c2ncnn2-3)C1. The van der Waals surface area contributed by atoms with Gasteiger partial charge in [-0.15, -0.1) is 0 Å². The Labute approximate surface area is 203 Å². The van der Waals surface area contributed by atoms with Gasteiger partial charge in [-0.25, -0.2) is 14.1 Å². The number of halogens is 1. The molecule has 4 heterocycles. The van der Waals surface area contributed by atoms with E-state index >= 15 is 0 Å². The first-order chi connectivity index (χ1) is 17.1. The fourth-order valence-corrected chi connectivity index (χ4v) is 5.06. The molecule has 2 aliphatic heterocycles. The molecule has 4 aromatic rings. The third-order valence-corrected chi connectivity index (χ3v) is 6.98. The van der Waals surface area contributed by atoms with E-state index in [4.69, 9.17) is 0 Å². The minimum Gasteiger partial charge on any atom is -0.390 e. The molecule has 0 saturated carbocycles. The first-order valence-corrected chi connectivity index (χ1v) is 11.9. The Kier molecular flexibility index (Phi) is 5.45. The van der Waals surface area contributed by atoms with Crippen LogP contribution in [0.15, 0.2) is 66.0 Å². The molecule has 2 aromatic carbocycles. The summed E-state index contributed by atoms with van der Waals surface area (Å²) in [7, 11) is 0. The van der Waals surface area contributed by atoms with Gasteiger partial charge >= 0.3 is 0 Å². The summed E-state index contributed by atoms with van der Waals surface area (Å²) in [6.07, 6.45) is 4.79. The van der Waals surface area contributed by atoms with Crippen molar-refractivity contribution in [3.8, 4) is 28.3 Å². The van der Waals surface area contributed by atoms with E-state index in [-0.39, 0.29) is 12.4 Å². The van der Waals surface area contributed by atoms with Crippen LogP contribution in [0.4, 0.5) is 10.1 Å². The monoisotopic (exact) mass is 470 g/mol. The predicted octanol–water partition coefficient (Wildman–Crippen LogP) is 4.18. The van der Waals surface area contributed by atoms with Crippen LogP contribution in [-0.4, -0.2) is 56.4 Å². The van der Waals surface area contributed by atoms with Crippen molar-refractivity contribution in [1.82, 2.24) is 19.3 Å². The Hall–Kier alpha value is -3.78. The fraction of sp³-hybridized carbons (Fsp3) is 0.296. The molecule has 2 aliphatic rings. The zero-order chi connectivity index (χ0) is 23.9. The molecule has 0 radical (unpaired) electrons. The van der Waals surface area contributed by atoms with Crippen molar-refractivity contribution >= 4 is 11.4 Å². The second kappa shape index (κ2) is 8.78. The molecule has 1 saturated heterocycles. The molecule has 0 unspecified atom stereocenters. The molecule has 7 nitrogen and oxygen atoms in total. The topological polar surface area (TPSA) is 71.5 Å². The molecule has 1 fully saturated rings. The van der Waals surface area contributed by atoms with Crippen LogP contribution >= 0.6 is 0 Å². The average molecular weight is 471 g/mol. The molecule has 0 amide bonds. The molecule has 35 heavy (non-hydrogen) atoms. The van der Waals surface area contributed by atoms with Gasteiger partial charge in [0.2, 0.25) is 0 Å². The van der Waals surface area contributed by atoms with Crippen LogP contribution in [-0.2, 0) is 6.54 Å². The Balaban J connectivity index is 1.32. The van der Waals surface area contributed by atoms with E-state index < -0.39 is 0 Å². The molecule has 0 bridgehead atoms. The molecule has 1 N–H and O–H groups in total. The largest absolute Gasteiger partial charge is 0.390 e. The van der Waals surface area contributed by atoms with E-state index in [1.807, 2.05) is 11.6 Å². The number of benzene rings is 2. The van der Waals surface area contributed by atoms with Crippen LogP contribution in [0.1, 0.15) is 18.9 Å². The highest BCUT2D eigenvalue weighted by Crippen LogP contribution is 2.35. The summed E-state index contributed by atoms with van der Waals surface area (Å²) < 4.78 is 17.6. The summed E-state index contributed by atoms with van der Waals surface area (Å²) in [6, 6.07) is 15.2. The maximum absolute atomic E-state index is 13.4. The van der Waals surface area contributed by atoms with Crippen molar-refractivity contribution in [2.24, 2.45) is 10.9 Å². The van der Waals surface area contributed by atoms with Gasteiger partial charge in [0.1, 0.15) is 12.1 Å². The highest BCUT2D eigenvalue weighted by atomic mass is 19.1. The van der Waals surface area contributed by atoms with E-state index in [2.05, 4.69) is 55.0 Å². The van der Waals surface area contributed by atoms with Gasteiger partial charge < -0.3 is 14.6 Å². The molecule has 1 atom stereocenters. The number of hydrogen-bond acceptors (Lipinski definition) is 5. The Morgan fingerprint density at radius 2 is 2.00 bits per heavy atom. The highest BCUT2D eigenvalue weighted by Gasteiger charge is 2.26. The molecule has 8 heteroatoms. The van der Waals surface area contributed by atoms with Crippen molar-refractivity contribution in [3.63, 3.8) is 0 Å². The average Bonchev–Trinajstić information content (AvgIpc) is 3.62. The lowest BCUT2D eigenvalue weighted by atomic mass is 10.1. The molecule has 2 aromatic heterocycles. The molecule has 178 valence electrons. The normalized spacial score (nSPS) is 17.2. The van der Waals surface area contributed by atoms with Crippen LogP contribution in [0.5, 0.6) is 0 Å². The first kappa shape index (κ1) is 21.7. The maximum Gasteiger partial charge on any atom is 0.179 e. The van der Waals surface area contributed by atoms with Crippen LogP contribution < -0.4 is 4.90 Å². The zero-order valence-electron chi connectivity index (χ0n) is 19.6. The zero-order valence-corrected chi connectivity index (χ0v) is 19.6. The van der Waals surface area contributed by atoms with Crippen LogP contribution in [0.25, 0.3) is 28.3 Å². The van der Waals surface area contributed by atoms with E-state index in [9.17, 15) is 9.50 Å². The number of aromatic nitrogens is 4. The standard InChI is InChI=1S/C27H27FN6O/c1-18(16-35)29-12-19-8-9-32(13-19)24-6-7-25-22(10-24)15-33-14-21(20-2-4-23(28)5-3-20)11-26(33)27-30-17-31-34(25)27/h2-7,10-11,14,17,19,35H,8-9,12-13,15-16H2,1H3/t19-/m0/s1. The Morgan fingerprint density at radius 3 is 2.83 bits per heavy atom. The van der Waals surface area contributed by atoms with Crippen molar-refractivity contribution in [3.05, 3.63) is 72.4 Å². The maximum atomic E-state index is 13.4. The van der Waals surface area contributed by atoms with E-state index in [0.29, 0.717) is 12.5 Å². The molecular weight excluding hydrogens is 443 g/mol. The van der Waals surface area contributed by atoms with Gasteiger partial charge in [-0.3, -0.25) is 4.99 Å². The van der Waals surface area contributed by atoms with Gasteiger partial charge in [0.25, 0.3) is 0 Å². The predicted molar refractivity (Wildman–Crippen MR) is 135 cm³/mol. The molecule has 0 aliphatic carbocycles. The molecule has 0 spiro atoms. The Morgan fingerprint density at radius 1 is 1.14 bits per heavy atom. The van der Waals surface area contributed by atoms with E-state index in [1.54, 1.807) is 18.5 Å². The number of anilines is 1. The second-order valence-corrected chi connectivity index (χ2v) is 9.39. The van der Waals surface area contributed by atoms with Crippen molar-refractivity contribution in [1.29, 1.82) is 0 Å². The van der Waals surface area contributed by atoms with Crippen molar-refractivity contribution in [2.45, 2.75) is 19.9 Å². The summed E-state index contributed by atoms with van der Waals surface area (Å²) >= 11 is 0. The number of aliphatic imine (C=N–C) groups is 1. The fourth-order valence-electron chi connectivity index (χ4n) is 5.06. The van der Waals surface area contributed by atoms with Crippen LogP contribution in [0.3, 0.4) is 0 Å². The van der Waals surface area contributed by atoms with Gasteiger partial charge in [0.15, 0.2) is 5.82 Å². The first-order valence-electron chi connectivity index (χ1n) is 11.9. The minimum atomic E-state index is -0.241. The van der Waals surface area contributed by atoms with E-state index in [0.717, 1.165) is 60.1 Å². The lowest BCUT2D eigenvalue weighted by molar-refractivity contribution is 0.356. The third-order valence-electron chi connectivity index (χ3n) is 6.98. The number of aliphatic hydroxyl groups is 1. The lowest BCUT2D eigenvalue weighted by Gasteiger charge is -2.20. The second-order valence-electron chi connectivity index (χ2n) is 9.39. The summed E-state index contributed by atoms with van der Waals surface area (Å²) in [6.45, 7) is 5.30. The van der Waals surface area contributed by atoms with Gasteiger partial charge in [-0.1, -0.05) is 12.1 Å². The molecule has 6 rings (SSSR count). The number of rotatable bonds is 5. The summed E-state index contributed by atoms with van der Waals surface area (Å²) in [5.74, 6) is 1.05. The van der Waals surface area contributed by atoms with Gasteiger partial charge in [-0.2, -0.15) is 5.10 Å². The van der Waals surface area contributed by atoms with Crippen LogP contribution in [0.2, 0.25) is 0 Å². The minimum absolute atomic E-state index is 0.0236. The van der Waals surface area contributed by atoms with Gasteiger partial charge in [0.05, 0.1) is 18.0 Å². The smallest absolute Gasteiger partial charge is 0.179 e. The lowest BCUT2D eigenvalue weighted by Crippen LogP contribution is -2.21. The van der Waals surface area contributed by atoms with Crippen molar-refractivity contribution < 1.29 is 9.50 Å². The van der Waals surface area contributed by atoms with E-state index in [1.165, 1.54) is 23.4 Å².